The molecule has 0 radical (unpaired) electrons. The Labute approximate surface area is 228 Å². The number of halogens is 2. The number of aromatic nitrogens is 1. The van der Waals surface area contributed by atoms with Gasteiger partial charge in [0.2, 0.25) is 0 Å². The average Bonchev–Trinajstić information content (AvgIpc) is 3.55. The molecule has 0 unspecified atom stereocenters. The fourth-order valence-electron chi connectivity index (χ4n) is 4.77. The molecule has 3 heterocycles. The smallest absolute Gasteiger partial charge is 0.310 e. The molecule has 2 aromatic heterocycles. The maximum absolute atomic E-state index is 13.6. The third kappa shape index (κ3) is 4.36. The molecule has 0 spiro atoms. The summed E-state index contributed by atoms with van der Waals surface area (Å²) in [5, 5.41) is 7.08. The number of aromatic amines is 1. The maximum Gasteiger partial charge on any atom is 0.310 e. The zero-order valence-electron chi connectivity index (χ0n) is 19.3. The van der Waals surface area contributed by atoms with E-state index in [1.165, 1.54) is 5.01 Å². The average molecular weight is 617 g/mol. The number of H-pyrrole nitrogens is 1. The first-order valence-corrected chi connectivity index (χ1v) is 13.2. The molecule has 37 heavy (non-hydrogen) atoms. The largest absolute Gasteiger partial charge is 0.444 e. The van der Waals surface area contributed by atoms with Gasteiger partial charge in [-0.05, 0) is 57.4 Å². The quantitative estimate of drug-likeness (QED) is 0.230. The van der Waals surface area contributed by atoms with Gasteiger partial charge in [-0.1, -0.05) is 76.6 Å². The van der Waals surface area contributed by atoms with Crippen LogP contribution in [-0.4, -0.2) is 21.6 Å². The summed E-state index contributed by atoms with van der Waals surface area (Å²) in [6, 6.07) is 28.1. The van der Waals surface area contributed by atoms with Crippen molar-refractivity contribution in [2.45, 2.75) is 12.5 Å². The van der Waals surface area contributed by atoms with Gasteiger partial charge < -0.3 is 9.40 Å². The van der Waals surface area contributed by atoms with Gasteiger partial charge in [-0.2, -0.15) is 5.10 Å². The number of nitrogens with zero attached hydrogens (tertiary/aromatic N) is 2. The van der Waals surface area contributed by atoms with Crippen molar-refractivity contribution >= 4 is 54.4 Å². The lowest BCUT2D eigenvalue weighted by Crippen LogP contribution is -2.26. The van der Waals surface area contributed by atoms with Crippen molar-refractivity contribution < 1.29 is 9.21 Å². The lowest BCUT2D eigenvalue weighted by atomic mass is 9.91. The normalized spacial score (nSPS) is 15.2. The van der Waals surface area contributed by atoms with Crippen LogP contribution < -0.4 is 5.56 Å². The zero-order chi connectivity index (χ0) is 25.5. The Hall–Kier alpha value is -3.75. The van der Waals surface area contributed by atoms with Crippen LogP contribution >= 0.6 is 31.9 Å². The Morgan fingerprint density at radius 3 is 2.35 bits per heavy atom. The SMILES string of the molecule is O=C(c1ccc(Br)o1)N1N=C(c2c(-c3ccccc3)c3cc(Br)ccc3[nH]c2=O)C[C@@H]1c1ccccc1. The summed E-state index contributed by atoms with van der Waals surface area (Å²) < 4.78 is 6.90. The molecule has 5 aromatic rings. The van der Waals surface area contributed by atoms with E-state index < -0.39 is 6.04 Å². The van der Waals surface area contributed by atoms with E-state index in [2.05, 4.69) is 36.8 Å². The lowest BCUT2D eigenvalue weighted by Gasteiger charge is -2.21. The molecule has 0 aliphatic carbocycles. The molecule has 8 heteroatoms. The molecule has 0 fully saturated rings. The molecule has 0 saturated heterocycles. The molecule has 0 saturated carbocycles. The van der Waals surface area contributed by atoms with Crippen LogP contribution in [0, 0.1) is 0 Å². The van der Waals surface area contributed by atoms with E-state index in [0.29, 0.717) is 22.4 Å². The highest BCUT2D eigenvalue weighted by Gasteiger charge is 2.36. The number of carbonyl (C=O) groups is 1. The standard InChI is InChI=1S/C29H19Br2N3O3/c30-19-11-12-21-20(15-19)26(18-9-5-2-6-10-18)27(28(35)32-21)22-16-23(17-7-3-1-4-8-17)34(33-22)29(36)24-13-14-25(31)37-24/h1-15,23H,16H2,(H,32,35)/t23-/m1/s1. The Bertz CT molecular complexity index is 1730. The van der Waals surface area contributed by atoms with Gasteiger partial charge in [-0.25, -0.2) is 5.01 Å². The predicted molar refractivity (Wildman–Crippen MR) is 151 cm³/mol. The van der Waals surface area contributed by atoms with Gasteiger partial charge in [0.25, 0.3) is 5.56 Å². The van der Waals surface area contributed by atoms with Crippen LogP contribution in [0.2, 0.25) is 0 Å². The molecule has 6 nitrogen and oxygen atoms in total. The van der Waals surface area contributed by atoms with Gasteiger partial charge in [-0.3, -0.25) is 9.59 Å². The fourth-order valence-corrected chi connectivity index (χ4v) is 5.44. The fraction of sp³-hybridized carbons (Fsp3) is 0.0690. The highest BCUT2D eigenvalue weighted by molar-refractivity contribution is 9.10. The lowest BCUT2D eigenvalue weighted by molar-refractivity contribution is 0.0677. The second-order valence-corrected chi connectivity index (χ2v) is 10.4. The van der Waals surface area contributed by atoms with Gasteiger partial charge >= 0.3 is 5.91 Å². The minimum atomic E-state index is -0.395. The third-order valence-electron chi connectivity index (χ3n) is 6.41. The molecule has 1 atom stereocenters. The summed E-state index contributed by atoms with van der Waals surface area (Å²) >= 11 is 6.84. The third-order valence-corrected chi connectivity index (χ3v) is 7.33. The molecule has 1 aliphatic heterocycles. The summed E-state index contributed by atoms with van der Waals surface area (Å²) in [7, 11) is 0. The number of carbonyl (C=O) groups excluding carboxylic acids is 1. The van der Waals surface area contributed by atoms with Crippen molar-refractivity contribution in [3.8, 4) is 11.1 Å². The molecular weight excluding hydrogens is 598 g/mol. The number of hydrogen-bond acceptors (Lipinski definition) is 4. The summed E-state index contributed by atoms with van der Waals surface area (Å²) in [6.45, 7) is 0. The van der Waals surface area contributed by atoms with E-state index in [9.17, 15) is 9.59 Å². The van der Waals surface area contributed by atoms with Crippen LogP contribution in [0.3, 0.4) is 0 Å². The molecule has 6 rings (SSSR count). The van der Waals surface area contributed by atoms with Gasteiger partial charge in [0.1, 0.15) is 0 Å². The van der Waals surface area contributed by atoms with Gasteiger partial charge in [0.05, 0.1) is 17.3 Å². The number of rotatable bonds is 4. The van der Waals surface area contributed by atoms with Crippen molar-refractivity contribution in [1.29, 1.82) is 0 Å². The number of pyridine rings is 1. The molecule has 1 amide bonds. The van der Waals surface area contributed by atoms with Gasteiger partial charge in [0.15, 0.2) is 10.4 Å². The zero-order valence-corrected chi connectivity index (χ0v) is 22.5. The van der Waals surface area contributed by atoms with Crippen LogP contribution in [0.4, 0.5) is 0 Å². The number of furan rings is 1. The molecule has 0 bridgehead atoms. The Morgan fingerprint density at radius 2 is 1.65 bits per heavy atom. The first kappa shape index (κ1) is 23.6. The van der Waals surface area contributed by atoms with E-state index in [4.69, 9.17) is 9.52 Å². The Morgan fingerprint density at radius 1 is 0.919 bits per heavy atom. The Kier molecular flexibility index (Phi) is 6.14. The van der Waals surface area contributed by atoms with Crippen molar-refractivity contribution in [2.24, 2.45) is 5.10 Å². The summed E-state index contributed by atoms with van der Waals surface area (Å²) in [5.41, 5.74) is 4.05. The number of fused-ring (bicyclic) bond motifs is 1. The van der Waals surface area contributed by atoms with Crippen LogP contribution in [0.25, 0.3) is 22.0 Å². The molecule has 182 valence electrons. The molecule has 1 aliphatic rings. The van der Waals surface area contributed by atoms with Crippen LogP contribution in [0.15, 0.2) is 114 Å². The highest BCUT2D eigenvalue weighted by Crippen LogP contribution is 2.38. The molecule has 3 aromatic carbocycles. The van der Waals surface area contributed by atoms with E-state index in [-0.39, 0.29) is 17.2 Å². The predicted octanol–water partition coefficient (Wildman–Crippen LogP) is 7.30. The van der Waals surface area contributed by atoms with Gasteiger partial charge in [0, 0.05) is 27.4 Å². The minimum Gasteiger partial charge on any atom is -0.444 e. The highest BCUT2D eigenvalue weighted by atomic mass is 79.9. The number of hydrogen-bond donors (Lipinski definition) is 1. The van der Waals surface area contributed by atoms with E-state index >= 15 is 0 Å². The second-order valence-electron chi connectivity index (χ2n) is 8.69. The first-order chi connectivity index (χ1) is 18.0. The van der Waals surface area contributed by atoms with Gasteiger partial charge in [-0.15, -0.1) is 0 Å². The van der Waals surface area contributed by atoms with Crippen molar-refractivity contribution in [2.75, 3.05) is 0 Å². The number of amides is 1. The van der Waals surface area contributed by atoms with Crippen LogP contribution in [0.5, 0.6) is 0 Å². The summed E-state index contributed by atoms with van der Waals surface area (Å²) in [5.74, 6) is -0.215. The number of benzene rings is 3. The second kappa shape index (κ2) is 9.61. The summed E-state index contributed by atoms with van der Waals surface area (Å²) in [6.07, 6.45) is 0.375. The van der Waals surface area contributed by atoms with E-state index in [1.54, 1.807) is 12.1 Å². The first-order valence-electron chi connectivity index (χ1n) is 11.6. The molecular formula is C29H19Br2N3O3. The molecule has 1 N–H and O–H groups in total. The summed E-state index contributed by atoms with van der Waals surface area (Å²) in [4.78, 5) is 30.2. The minimum absolute atomic E-state index is 0.164. The van der Waals surface area contributed by atoms with Crippen LogP contribution in [0.1, 0.15) is 34.1 Å². The van der Waals surface area contributed by atoms with Crippen molar-refractivity contribution in [3.63, 3.8) is 0 Å². The Balaban J connectivity index is 1.57. The van der Waals surface area contributed by atoms with E-state index in [0.717, 1.165) is 32.1 Å². The number of hydrazone groups is 1. The topological polar surface area (TPSA) is 78.7 Å². The van der Waals surface area contributed by atoms with E-state index in [1.807, 2.05) is 78.9 Å². The monoisotopic (exact) mass is 615 g/mol. The van der Waals surface area contributed by atoms with Crippen LogP contribution in [-0.2, 0) is 0 Å². The maximum atomic E-state index is 13.6. The van der Waals surface area contributed by atoms with Crippen molar-refractivity contribution in [3.05, 3.63) is 127 Å². The number of nitrogens with one attached hydrogen (secondary N) is 1. The van der Waals surface area contributed by atoms with Crippen molar-refractivity contribution in [1.82, 2.24) is 9.99 Å².